The van der Waals surface area contributed by atoms with Crippen LogP contribution in [0.25, 0.3) is 0 Å². The second-order valence-electron chi connectivity index (χ2n) is 5.08. The first kappa shape index (κ1) is 13.9. The smallest absolute Gasteiger partial charge is 0.0667 e. The van der Waals surface area contributed by atoms with Crippen molar-refractivity contribution in [3.63, 3.8) is 0 Å². The van der Waals surface area contributed by atoms with Crippen molar-refractivity contribution in [3.8, 4) is 0 Å². The van der Waals surface area contributed by atoms with E-state index in [1.165, 1.54) is 0 Å². The van der Waals surface area contributed by atoms with Crippen molar-refractivity contribution in [1.82, 2.24) is 10.2 Å². The molecule has 1 unspecified atom stereocenters. The van der Waals surface area contributed by atoms with E-state index in [1.807, 2.05) is 0 Å². The van der Waals surface area contributed by atoms with Crippen molar-refractivity contribution in [1.29, 1.82) is 0 Å². The average molecular weight is 202 g/mol. The molecule has 14 heavy (non-hydrogen) atoms. The molecule has 86 valence electrons. The Morgan fingerprint density at radius 2 is 1.93 bits per heavy atom. The topological polar surface area (TPSA) is 24.5 Å². The predicted octanol–water partition coefficient (Wildman–Crippen LogP) is 1.20. The van der Waals surface area contributed by atoms with E-state index in [2.05, 4.69) is 45.1 Å². The molecule has 0 amide bonds. The summed E-state index contributed by atoms with van der Waals surface area (Å²) in [6.07, 6.45) is 0.296. The van der Waals surface area contributed by atoms with Gasteiger partial charge in [0.1, 0.15) is 0 Å². The molecule has 0 rings (SSSR count). The van der Waals surface area contributed by atoms with Gasteiger partial charge in [-0.15, -0.1) is 0 Å². The summed E-state index contributed by atoms with van der Waals surface area (Å²) in [5.41, 5.74) is 0.316. The van der Waals surface area contributed by atoms with Gasteiger partial charge in [0, 0.05) is 26.7 Å². The molecule has 0 aliphatic heterocycles. The molecule has 0 bridgehead atoms. The van der Waals surface area contributed by atoms with Crippen LogP contribution in [-0.4, -0.2) is 51.8 Å². The van der Waals surface area contributed by atoms with Crippen LogP contribution in [0.2, 0.25) is 0 Å². The van der Waals surface area contributed by atoms with Crippen LogP contribution >= 0.6 is 0 Å². The average Bonchev–Trinajstić information content (AvgIpc) is 2.01. The van der Waals surface area contributed by atoms with Crippen LogP contribution in [0.4, 0.5) is 0 Å². The summed E-state index contributed by atoms with van der Waals surface area (Å²) >= 11 is 0. The third-order valence-electron chi connectivity index (χ3n) is 2.18. The molecule has 0 saturated heterocycles. The zero-order valence-corrected chi connectivity index (χ0v) is 10.6. The molecule has 0 aromatic rings. The predicted molar refractivity (Wildman–Crippen MR) is 61.7 cm³/mol. The Hall–Kier alpha value is -0.120. The second-order valence-corrected chi connectivity index (χ2v) is 5.08. The number of nitrogens with zero attached hydrogens (tertiary/aromatic N) is 1. The molecule has 0 aromatic carbocycles. The lowest BCUT2D eigenvalue weighted by Gasteiger charge is -2.29. The summed E-state index contributed by atoms with van der Waals surface area (Å²) in [4.78, 5) is 2.22. The minimum absolute atomic E-state index is 0.296. The Labute approximate surface area is 88.8 Å². The standard InChI is InChI=1S/C11H26N2O/c1-10(14-6)7-12-8-11(2,3)9-13(4)5/h10,12H,7-9H2,1-6H3. The van der Waals surface area contributed by atoms with E-state index in [-0.39, 0.29) is 0 Å². The Morgan fingerprint density at radius 1 is 1.36 bits per heavy atom. The van der Waals surface area contributed by atoms with Crippen LogP contribution in [-0.2, 0) is 4.74 Å². The Kier molecular flexibility index (Phi) is 6.33. The van der Waals surface area contributed by atoms with Gasteiger partial charge in [-0.05, 0) is 26.4 Å². The van der Waals surface area contributed by atoms with Crippen molar-refractivity contribution in [2.75, 3.05) is 40.8 Å². The number of nitrogens with one attached hydrogen (secondary N) is 1. The molecular formula is C11H26N2O. The van der Waals surface area contributed by atoms with Gasteiger partial charge in [0.15, 0.2) is 0 Å². The monoisotopic (exact) mass is 202 g/mol. The highest BCUT2D eigenvalue weighted by Gasteiger charge is 2.18. The van der Waals surface area contributed by atoms with Gasteiger partial charge >= 0.3 is 0 Å². The highest BCUT2D eigenvalue weighted by molar-refractivity contribution is 4.74. The maximum Gasteiger partial charge on any atom is 0.0667 e. The van der Waals surface area contributed by atoms with Gasteiger partial charge < -0.3 is 15.0 Å². The van der Waals surface area contributed by atoms with Crippen molar-refractivity contribution in [2.24, 2.45) is 5.41 Å². The zero-order chi connectivity index (χ0) is 11.2. The van der Waals surface area contributed by atoms with Gasteiger partial charge in [-0.3, -0.25) is 0 Å². The molecule has 0 saturated carbocycles. The third-order valence-corrected chi connectivity index (χ3v) is 2.18. The highest BCUT2D eigenvalue weighted by Crippen LogP contribution is 2.13. The molecular weight excluding hydrogens is 176 g/mol. The lowest BCUT2D eigenvalue weighted by molar-refractivity contribution is 0.112. The SMILES string of the molecule is COC(C)CNCC(C)(C)CN(C)C. The van der Waals surface area contributed by atoms with Crippen LogP contribution in [0.15, 0.2) is 0 Å². The first-order valence-corrected chi connectivity index (χ1v) is 5.25. The first-order valence-electron chi connectivity index (χ1n) is 5.25. The van der Waals surface area contributed by atoms with Crippen molar-refractivity contribution in [2.45, 2.75) is 26.9 Å². The maximum atomic E-state index is 5.17. The molecule has 0 spiro atoms. The van der Waals surface area contributed by atoms with Crippen molar-refractivity contribution >= 4 is 0 Å². The van der Waals surface area contributed by atoms with Gasteiger partial charge in [0.05, 0.1) is 6.10 Å². The number of ether oxygens (including phenoxy) is 1. The fraction of sp³-hybridized carbons (Fsp3) is 1.00. The summed E-state index contributed by atoms with van der Waals surface area (Å²) in [6.45, 7) is 9.68. The van der Waals surface area contributed by atoms with Crippen LogP contribution in [0.1, 0.15) is 20.8 Å². The molecule has 0 aliphatic rings. The quantitative estimate of drug-likeness (QED) is 0.671. The van der Waals surface area contributed by atoms with Crippen LogP contribution in [0, 0.1) is 5.41 Å². The highest BCUT2D eigenvalue weighted by atomic mass is 16.5. The third kappa shape index (κ3) is 7.30. The van der Waals surface area contributed by atoms with Crippen molar-refractivity contribution < 1.29 is 4.74 Å². The summed E-state index contributed by atoms with van der Waals surface area (Å²) in [6, 6.07) is 0. The summed E-state index contributed by atoms with van der Waals surface area (Å²) < 4.78 is 5.17. The minimum atomic E-state index is 0.296. The summed E-state index contributed by atoms with van der Waals surface area (Å²) in [5, 5.41) is 3.43. The number of hydrogen-bond donors (Lipinski definition) is 1. The van der Waals surface area contributed by atoms with Crippen LogP contribution in [0.3, 0.4) is 0 Å². The van der Waals surface area contributed by atoms with Crippen molar-refractivity contribution in [3.05, 3.63) is 0 Å². The molecule has 3 heteroatoms. The van der Waals surface area contributed by atoms with Gasteiger partial charge in [-0.1, -0.05) is 13.8 Å². The molecule has 0 aliphatic carbocycles. The number of methoxy groups -OCH3 is 1. The normalized spacial score (nSPS) is 14.8. The largest absolute Gasteiger partial charge is 0.380 e. The molecule has 1 N–H and O–H groups in total. The maximum absolute atomic E-state index is 5.17. The Bertz CT molecular complexity index is 146. The second kappa shape index (κ2) is 6.38. The summed E-state index contributed by atoms with van der Waals surface area (Å²) in [5.74, 6) is 0. The van der Waals surface area contributed by atoms with E-state index in [9.17, 15) is 0 Å². The van der Waals surface area contributed by atoms with E-state index in [0.29, 0.717) is 11.5 Å². The molecule has 3 nitrogen and oxygen atoms in total. The molecule has 0 heterocycles. The fourth-order valence-electron chi connectivity index (χ4n) is 1.61. The Balaban J connectivity index is 3.65. The zero-order valence-electron chi connectivity index (χ0n) is 10.6. The minimum Gasteiger partial charge on any atom is -0.380 e. The number of rotatable bonds is 7. The first-order chi connectivity index (χ1) is 6.37. The van der Waals surface area contributed by atoms with E-state index >= 15 is 0 Å². The van der Waals surface area contributed by atoms with Crippen LogP contribution < -0.4 is 5.32 Å². The van der Waals surface area contributed by atoms with Gasteiger partial charge in [0.2, 0.25) is 0 Å². The molecule has 0 fully saturated rings. The molecule has 0 aromatic heterocycles. The fourth-order valence-corrected chi connectivity index (χ4v) is 1.61. The van der Waals surface area contributed by atoms with Gasteiger partial charge in [-0.2, -0.15) is 0 Å². The van der Waals surface area contributed by atoms with E-state index < -0.39 is 0 Å². The van der Waals surface area contributed by atoms with E-state index in [1.54, 1.807) is 7.11 Å². The number of hydrogen-bond acceptors (Lipinski definition) is 3. The van der Waals surface area contributed by atoms with E-state index in [4.69, 9.17) is 4.74 Å². The molecule has 0 radical (unpaired) electrons. The van der Waals surface area contributed by atoms with E-state index in [0.717, 1.165) is 19.6 Å². The summed E-state index contributed by atoms with van der Waals surface area (Å²) in [7, 11) is 5.97. The lowest BCUT2D eigenvalue weighted by atomic mass is 9.93. The Morgan fingerprint density at radius 3 is 2.36 bits per heavy atom. The van der Waals surface area contributed by atoms with Gasteiger partial charge in [0.25, 0.3) is 0 Å². The lowest BCUT2D eigenvalue weighted by Crippen LogP contribution is -2.39. The van der Waals surface area contributed by atoms with Gasteiger partial charge in [-0.25, -0.2) is 0 Å². The van der Waals surface area contributed by atoms with Crippen LogP contribution in [0.5, 0.6) is 0 Å². The molecule has 1 atom stereocenters.